The zero-order valence-corrected chi connectivity index (χ0v) is 22.2. The van der Waals surface area contributed by atoms with Crippen molar-refractivity contribution < 1.29 is 0 Å². The summed E-state index contributed by atoms with van der Waals surface area (Å²) in [5.41, 5.74) is 4.38. The molecule has 0 aliphatic rings. The van der Waals surface area contributed by atoms with Crippen LogP contribution in [0.15, 0.2) is 53.3 Å². The lowest BCUT2D eigenvalue weighted by atomic mass is 10.2. The number of aryl methyl sites for hydroxylation is 2. The van der Waals surface area contributed by atoms with Gasteiger partial charge in [-0.25, -0.2) is 0 Å². The Hall–Kier alpha value is -2.39. The normalized spacial score (nSPS) is 11.0. The lowest BCUT2D eigenvalue weighted by molar-refractivity contribution is 0.321. The third kappa shape index (κ3) is 5.41. The summed E-state index contributed by atoms with van der Waals surface area (Å²) in [5.74, 6) is 0. The molecule has 0 fully saturated rings. The van der Waals surface area contributed by atoms with Gasteiger partial charge in [-0.1, -0.05) is 68.0 Å². The standard InChI is InChI=1S/C19H15N3OS3.C6H15N/c1-11-7-9-13(10-8-11)21-17(23)15-16(20-18(21)24)22(19(25)26-15)14-6-4-3-5-12(14)2;1-4-7(5-2)6-3/h3-10H,1-2H3,(H,20,24);4-6H2,1-3H3. The number of hydrogen-bond acceptors (Lipinski definition) is 5. The second kappa shape index (κ2) is 11.2. The number of fused-ring (bicyclic) bond motifs is 1. The van der Waals surface area contributed by atoms with Crippen molar-refractivity contribution in [2.24, 2.45) is 0 Å². The van der Waals surface area contributed by atoms with Crippen molar-refractivity contribution in [2.45, 2.75) is 34.6 Å². The van der Waals surface area contributed by atoms with Crippen LogP contribution >= 0.6 is 35.8 Å². The van der Waals surface area contributed by atoms with Gasteiger partial charge in [0, 0.05) is 0 Å². The second-order valence-corrected chi connectivity index (χ2v) is 9.72. The van der Waals surface area contributed by atoms with E-state index in [0.717, 1.165) is 22.5 Å². The molecule has 0 aliphatic carbocycles. The van der Waals surface area contributed by atoms with Crippen LogP contribution in [-0.4, -0.2) is 38.7 Å². The lowest BCUT2D eigenvalue weighted by Crippen LogP contribution is -2.21. The van der Waals surface area contributed by atoms with Crippen LogP contribution in [0, 0.1) is 22.6 Å². The predicted octanol–water partition coefficient (Wildman–Crippen LogP) is 6.59. The fraction of sp³-hybridized carbons (Fsp3) is 0.320. The zero-order chi connectivity index (χ0) is 24.1. The van der Waals surface area contributed by atoms with E-state index in [1.54, 1.807) is 0 Å². The first-order valence-electron chi connectivity index (χ1n) is 11.1. The summed E-state index contributed by atoms with van der Waals surface area (Å²) in [4.78, 5) is 18.7. The molecule has 5 nitrogen and oxygen atoms in total. The Morgan fingerprint density at radius 3 is 2.06 bits per heavy atom. The molecule has 0 bridgehead atoms. The number of benzene rings is 2. The number of hydrogen-bond donors (Lipinski definition) is 1. The Morgan fingerprint density at radius 2 is 1.52 bits per heavy atom. The zero-order valence-electron chi connectivity index (χ0n) is 19.7. The molecule has 4 rings (SSSR count). The van der Waals surface area contributed by atoms with E-state index < -0.39 is 0 Å². The topological polar surface area (TPSA) is 46.0 Å². The Morgan fingerprint density at radius 1 is 0.909 bits per heavy atom. The van der Waals surface area contributed by atoms with Gasteiger partial charge in [0.25, 0.3) is 5.56 Å². The molecule has 0 radical (unpaired) electrons. The molecule has 2 aromatic heterocycles. The van der Waals surface area contributed by atoms with Crippen molar-refractivity contribution in [2.75, 3.05) is 19.6 Å². The molecule has 0 amide bonds. The molecule has 1 N–H and O–H groups in total. The highest BCUT2D eigenvalue weighted by Gasteiger charge is 2.15. The first-order chi connectivity index (χ1) is 15.8. The first kappa shape index (κ1) is 25.2. The smallest absolute Gasteiger partial charge is 0.278 e. The van der Waals surface area contributed by atoms with Crippen molar-refractivity contribution in [1.82, 2.24) is 19.0 Å². The Bertz CT molecular complexity index is 1400. The number of nitrogens with one attached hydrogen (secondary N) is 1. The van der Waals surface area contributed by atoms with Crippen molar-refractivity contribution in [3.05, 3.63) is 78.7 Å². The molecule has 0 saturated heterocycles. The molecule has 2 heterocycles. The van der Waals surface area contributed by atoms with E-state index in [0.29, 0.717) is 19.1 Å². The minimum absolute atomic E-state index is 0.156. The highest BCUT2D eigenvalue weighted by Crippen LogP contribution is 2.25. The summed E-state index contributed by atoms with van der Waals surface area (Å²) in [6, 6.07) is 15.6. The van der Waals surface area contributed by atoms with E-state index in [9.17, 15) is 4.79 Å². The lowest BCUT2D eigenvalue weighted by Gasteiger charge is -2.13. The third-order valence-corrected chi connectivity index (χ3v) is 7.27. The van der Waals surface area contributed by atoms with Crippen LogP contribution in [-0.2, 0) is 0 Å². The largest absolute Gasteiger partial charge is 0.316 e. The van der Waals surface area contributed by atoms with Crippen LogP contribution in [0.5, 0.6) is 0 Å². The Balaban J connectivity index is 0.000000383. The quantitative estimate of drug-likeness (QED) is 0.315. The number of rotatable bonds is 5. The number of para-hydroxylation sites is 1. The molecule has 0 aliphatic heterocycles. The number of nitrogens with zero attached hydrogens (tertiary/aromatic N) is 3. The van der Waals surface area contributed by atoms with E-state index in [1.807, 2.05) is 66.9 Å². The van der Waals surface area contributed by atoms with Gasteiger partial charge in [-0.15, -0.1) is 0 Å². The van der Waals surface area contributed by atoms with Crippen molar-refractivity contribution >= 4 is 46.1 Å². The van der Waals surface area contributed by atoms with Gasteiger partial charge in [0.2, 0.25) is 0 Å². The van der Waals surface area contributed by atoms with E-state index in [1.165, 1.54) is 35.5 Å². The van der Waals surface area contributed by atoms with Gasteiger partial charge in [0.1, 0.15) is 10.3 Å². The summed E-state index contributed by atoms with van der Waals surface area (Å²) in [6.07, 6.45) is 0. The summed E-state index contributed by atoms with van der Waals surface area (Å²) in [6.45, 7) is 14.1. The number of H-pyrrole nitrogens is 1. The molecule has 33 heavy (non-hydrogen) atoms. The van der Waals surface area contributed by atoms with Gasteiger partial charge in [0.05, 0.1) is 11.4 Å². The summed E-state index contributed by atoms with van der Waals surface area (Å²) < 4.78 is 4.93. The van der Waals surface area contributed by atoms with Gasteiger partial charge in [-0.05, 0) is 81.7 Å². The van der Waals surface area contributed by atoms with Crippen LogP contribution in [0.2, 0.25) is 0 Å². The van der Waals surface area contributed by atoms with Gasteiger partial charge in [-0.2, -0.15) is 0 Å². The molecule has 0 atom stereocenters. The second-order valence-electron chi connectivity index (χ2n) is 7.69. The summed E-state index contributed by atoms with van der Waals surface area (Å²) in [7, 11) is 0. The molecule has 8 heteroatoms. The highest BCUT2D eigenvalue weighted by molar-refractivity contribution is 7.73. The minimum atomic E-state index is -0.156. The van der Waals surface area contributed by atoms with Crippen molar-refractivity contribution in [3.63, 3.8) is 0 Å². The monoisotopic (exact) mass is 498 g/mol. The Labute approximate surface area is 209 Å². The van der Waals surface area contributed by atoms with Crippen molar-refractivity contribution in [1.29, 1.82) is 0 Å². The van der Waals surface area contributed by atoms with E-state index in [2.05, 4.69) is 30.7 Å². The van der Waals surface area contributed by atoms with Gasteiger partial charge in [0.15, 0.2) is 8.73 Å². The molecule has 0 saturated carbocycles. The molecular weight excluding hydrogens is 469 g/mol. The van der Waals surface area contributed by atoms with Crippen LogP contribution in [0.25, 0.3) is 21.7 Å². The van der Waals surface area contributed by atoms with E-state index in [-0.39, 0.29) is 5.56 Å². The van der Waals surface area contributed by atoms with Crippen LogP contribution < -0.4 is 5.56 Å². The summed E-state index contributed by atoms with van der Waals surface area (Å²) >= 11 is 12.3. The first-order valence-corrected chi connectivity index (χ1v) is 12.7. The number of thiazole rings is 1. The summed E-state index contributed by atoms with van der Waals surface area (Å²) in [5, 5.41) is 0. The minimum Gasteiger partial charge on any atom is -0.316 e. The molecule has 0 unspecified atom stereocenters. The molecule has 0 spiro atoms. The fourth-order valence-corrected chi connectivity index (χ4v) is 5.21. The average molecular weight is 499 g/mol. The number of aromatic nitrogens is 3. The van der Waals surface area contributed by atoms with E-state index in [4.69, 9.17) is 24.4 Å². The fourth-order valence-electron chi connectivity index (χ4n) is 3.61. The van der Waals surface area contributed by atoms with Crippen molar-refractivity contribution in [3.8, 4) is 11.4 Å². The van der Waals surface area contributed by atoms with Crippen LogP contribution in [0.3, 0.4) is 0 Å². The van der Waals surface area contributed by atoms with Crippen LogP contribution in [0.4, 0.5) is 0 Å². The maximum Gasteiger partial charge on any atom is 0.278 e. The number of aromatic amines is 1. The SMILES string of the molecule is CCN(CC)CC.Cc1ccc(-n2c(=S)[nH]c3c(sc(=S)n3-c3ccccc3C)c2=O)cc1. The molecule has 4 aromatic rings. The molecule has 2 aromatic carbocycles. The molecular formula is C25H30N4OS3. The average Bonchev–Trinajstić information content (AvgIpc) is 3.13. The van der Waals surface area contributed by atoms with Crippen LogP contribution in [0.1, 0.15) is 31.9 Å². The molecule has 174 valence electrons. The highest BCUT2D eigenvalue weighted by atomic mass is 32.1. The Kier molecular flexibility index (Phi) is 8.53. The van der Waals surface area contributed by atoms with Gasteiger partial charge in [-0.3, -0.25) is 13.9 Å². The van der Waals surface area contributed by atoms with Gasteiger partial charge >= 0.3 is 0 Å². The predicted molar refractivity (Wildman–Crippen MR) is 146 cm³/mol. The third-order valence-electron chi connectivity index (χ3n) is 5.63. The van der Waals surface area contributed by atoms with E-state index >= 15 is 0 Å². The van der Waals surface area contributed by atoms with Gasteiger partial charge < -0.3 is 9.88 Å². The maximum absolute atomic E-state index is 13.1. The maximum atomic E-state index is 13.1.